The number of likely N-dealkylation sites (tertiary alicyclic amines) is 1. The molecule has 0 saturated carbocycles. The molecular formula is C22H34F3IN4O2. The van der Waals surface area contributed by atoms with Crippen LogP contribution in [0.1, 0.15) is 31.7 Å². The smallest absolute Gasteiger partial charge is 0.419 e. The lowest BCUT2D eigenvalue weighted by Gasteiger charge is -2.34. The molecule has 0 radical (unpaired) electrons. The van der Waals surface area contributed by atoms with Crippen LogP contribution in [0.3, 0.4) is 0 Å². The highest BCUT2D eigenvalue weighted by atomic mass is 127. The molecule has 2 aliphatic heterocycles. The van der Waals surface area contributed by atoms with Crippen LogP contribution < -0.4 is 15.4 Å². The first-order chi connectivity index (χ1) is 15.0. The van der Waals surface area contributed by atoms with E-state index in [9.17, 15) is 13.2 Å². The van der Waals surface area contributed by atoms with Gasteiger partial charge in [0.1, 0.15) is 12.4 Å². The minimum atomic E-state index is -4.43. The third kappa shape index (κ3) is 8.58. The summed E-state index contributed by atoms with van der Waals surface area (Å²) in [6.07, 6.45) is -1.21. The number of nitrogens with zero attached hydrogens (tertiary/aromatic N) is 2. The summed E-state index contributed by atoms with van der Waals surface area (Å²) in [4.78, 5) is 6.98. The standard InChI is InChI=1S/C22H33F3N4O2.HI/c1-2-26-21(27-10-14-31-20-6-4-3-5-19(20)22(23,24)25)28-18-7-11-29(12-8-18)15-17-9-13-30-16-17;/h3-6,17-18H,2,7-16H2,1H3,(H2,26,27,28);1H. The van der Waals surface area contributed by atoms with Crippen molar-refractivity contribution in [2.45, 2.75) is 38.4 Å². The summed E-state index contributed by atoms with van der Waals surface area (Å²) in [5.74, 6) is 1.17. The quantitative estimate of drug-likeness (QED) is 0.216. The largest absolute Gasteiger partial charge is 0.491 e. The number of hydrogen-bond acceptors (Lipinski definition) is 4. The van der Waals surface area contributed by atoms with Crippen molar-refractivity contribution >= 4 is 29.9 Å². The van der Waals surface area contributed by atoms with Crippen LogP contribution in [0.4, 0.5) is 13.2 Å². The van der Waals surface area contributed by atoms with E-state index in [1.807, 2.05) is 6.92 Å². The third-order valence-electron chi connectivity index (χ3n) is 5.62. The molecule has 2 heterocycles. The van der Waals surface area contributed by atoms with Gasteiger partial charge >= 0.3 is 6.18 Å². The number of aliphatic imine (C=N–C) groups is 1. The summed E-state index contributed by atoms with van der Waals surface area (Å²) in [5, 5.41) is 6.66. The first-order valence-electron chi connectivity index (χ1n) is 11.1. The second-order valence-corrected chi connectivity index (χ2v) is 8.05. The van der Waals surface area contributed by atoms with E-state index in [1.165, 1.54) is 18.2 Å². The molecule has 0 spiro atoms. The van der Waals surface area contributed by atoms with Crippen molar-refractivity contribution in [3.8, 4) is 5.75 Å². The molecule has 182 valence electrons. The summed E-state index contributed by atoms with van der Waals surface area (Å²) < 4.78 is 50.0. The van der Waals surface area contributed by atoms with Gasteiger partial charge in [-0.25, -0.2) is 4.99 Å². The minimum absolute atomic E-state index is 0. The Bertz CT molecular complexity index is 707. The van der Waals surface area contributed by atoms with Gasteiger partial charge < -0.3 is 25.0 Å². The zero-order valence-electron chi connectivity index (χ0n) is 18.5. The molecule has 0 amide bonds. The lowest BCUT2D eigenvalue weighted by molar-refractivity contribution is -0.138. The van der Waals surface area contributed by atoms with E-state index in [4.69, 9.17) is 9.47 Å². The number of piperidine rings is 1. The Kier molecular flexibility index (Phi) is 11.3. The summed E-state index contributed by atoms with van der Waals surface area (Å²) in [6.45, 7) is 8.01. The van der Waals surface area contributed by atoms with Crippen molar-refractivity contribution in [3.63, 3.8) is 0 Å². The first-order valence-corrected chi connectivity index (χ1v) is 11.1. The van der Waals surface area contributed by atoms with Crippen LogP contribution in [0.15, 0.2) is 29.3 Å². The van der Waals surface area contributed by atoms with Gasteiger partial charge in [-0.3, -0.25) is 0 Å². The Morgan fingerprint density at radius 3 is 2.62 bits per heavy atom. The minimum Gasteiger partial charge on any atom is -0.491 e. The number of nitrogens with one attached hydrogen (secondary N) is 2. The number of halogens is 4. The summed E-state index contributed by atoms with van der Waals surface area (Å²) in [5.41, 5.74) is -0.764. The van der Waals surface area contributed by atoms with Crippen LogP contribution in [0.25, 0.3) is 0 Å². The van der Waals surface area contributed by atoms with Crippen LogP contribution >= 0.6 is 24.0 Å². The molecule has 1 atom stereocenters. The molecule has 0 aromatic heterocycles. The van der Waals surface area contributed by atoms with Crippen LogP contribution in [-0.2, 0) is 10.9 Å². The third-order valence-corrected chi connectivity index (χ3v) is 5.62. The number of para-hydroxylation sites is 1. The SMILES string of the molecule is CCNC(=NCCOc1ccccc1C(F)(F)F)NC1CCN(CC2CCOC2)CC1.I. The van der Waals surface area contributed by atoms with Gasteiger partial charge in [0.15, 0.2) is 5.96 Å². The molecule has 1 aromatic rings. The fraction of sp³-hybridized carbons (Fsp3) is 0.682. The average molecular weight is 570 g/mol. The van der Waals surface area contributed by atoms with Crippen molar-refractivity contribution < 1.29 is 22.6 Å². The second kappa shape index (κ2) is 13.4. The number of guanidine groups is 1. The van der Waals surface area contributed by atoms with Gasteiger partial charge in [0.25, 0.3) is 0 Å². The fourth-order valence-electron chi connectivity index (χ4n) is 4.01. The first kappa shape index (κ1) is 27.0. The van der Waals surface area contributed by atoms with E-state index in [0.717, 1.165) is 58.2 Å². The summed E-state index contributed by atoms with van der Waals surface area (Å²) in [7, 11) is 0. The number of alkyl halides is 3. The molecule has 2 aliphatic rings. The zero-order valence-corrected chi connectivity index (χ0v) is 20.8. The Morgan fingerprint density at radius 1 is 1.22 bits per heavy atom. The molecule has 1 aromatic carbocycles. The number of rotatable bonds is 8. The molecule has 6 nitrogen and oxygen atoms in total. The molecule has 0 bridgehead atoms. The van der Waals surface area contributed by atoms with E-state index in [2.05, 4.69) is 20.5 Å². The van der Waals surface area contributed by atoms with Gasteiger partial charge in [-0.1, -0.05) is 12.1 Å². The van der Waals surface area contributed by atoms with Gasteiger partial charge in [0.2, 0.25) is 0 Å². The number of ether oxygens (including phenoxy) is 2. The fourth-order valence-corrected chi connectivity index (χ4v) is 4.01. The topological polar surface area (TPSA) is 58.1 Å². The monoisotopic (exact) mass is 570 g/mol. The van der Waals surface area contributed by atoms with Gasteiger partial charge in [0.05, 0.1) is 18.7 Å². The molecule has 32 heavy (non-hydrogen) atoms. The van der Waals surface area contributed by atoms with Crippen molar-refractivity contribution in [1.82, 2.24) is 15.5 Å². The maximum absolute atomic E-state index is 13.1. The molecule has 3 rings (SSSR count). The molecule has 1 unspecified atom stereocenters. The highest BCUT2D eigenvalue weighted by Crippen LogP contribution is 2.35. The van der Waals surface area contributed by atoms with E-state index < -0.39 is 11.7 Å². The van der Waals surface area contributed by atoms with Gasteiger partial charge in [-0.2, -0.15) is 13.2 Å². The van der Waals surface area contributed by atoms with E-state index in [0.29, 0.717) is 24.5 Å². The maximum atomic E-state index is 13.1. The Hall–Kier alpha value is -1.27. The van der Waals surface area contributed by atoms with Crippen LogP contribution in [0.2, 0.25) is 0 Å². The van der Waals surface area contributed by atoms with E-state index in [-0.39, 0.29) is 42.9 Å². The van der Waals surface area contributed by atoms with Crippen molar-refractivity contribution in [2.75, 3.05) is 52.5 Å². The summed E-state index contributed by atoms with van der Waals surface area (Å²) in [6, 6.07) is 5.58. The second-order valence-electron chi connectivity index (χ2n) is 8.05. The number of hydrogen-bond donors (Lipinski definition) is 2. The van der Waals surface area contributed by atoms with Crippen molar-refractivity contribution in [3.05, 3.63) is 29.8 Å². The highest BCUT2D eigenvalue weighted by Gasteiger charge is 2.34. The Balaban J connectivity index is 0.00000363. The van der Waals surface area contributed by atoms with Crippen LogP contribution in [0.5, 0.6) is 5.75 Å². The van der Waals surface area contributed by atoms with E-state index in [1.54, 1.807) is 0 Å². The predicted molar refractivity (Wildman–Crippen MR) is 130 cm³/mol. The summed E-state index contributed by atoms with van der Waals surface area (Å²) >= 11 is 0. The van der Waals surface area contributed by atoms with Gasteiger partial charge in [0, 0.05) is 38.8 Å². The highest BCUT2D eigenvalue weighted by molar-refractivity contribution is 14.0. The Labute approximate surface area is 205 Å². The zero-order chi connectivity index (χ0) is 22.1. The molecule has 2 saturated heterocycles. The maximum Gasteiger partial charge on any atom is 0.419 e. The lowest BCUT2D eigenvalue weighted by atomic mass is 10.0. The predicted octanol–water partition coefficient (Wildman–Crippen LogP) is 3.76. The van der Waals surface area contributed by atoms with Crippen molar-refractivity contribution in [2.24, 2.45) is 10.9 Å². The molecular weight excluding hydrogens is 536 g/mol. The molecule has 2 N–H and O–H groups in total. The lowest BCUT2D eigenvalue weighted by Crippen LogP contribution is -2.49. The normalized spacial score (nSPS) is 20.6. The van der Waals surface area contributed by atoms with Gasteiger partial charge in [-0.15, -0.1) is 24.0 Å². The number of benzene rings is 1. The molecule has 2 fully saturated rings. The van der Waals surface area contributed by atoms with Gasteiger partial charge in [-0.05, 0) is 44.2 Å². The van der Waals surface area contributed by atoms with Crippen LogP contribution in [-0.4, -0.2) is 69.4 Å². The van der Waals surface area contributed by atoms with E-state index >= 15 is 0 Å². The molecule has 0 aliphatic carbocycles. The molecule has 10 heteroatoms. The van der Waals surface area contributed by atoms with Crippen LogP contribution in [0, 0.1) is 5.92 Å². The average Bonchev–Trinajstić information content (AvgIpc) is 3.25. The Morgan fingerprint density at radius 2 is 1.97 bits per heavy atom. The van der Waals surface area contributed by atoms with Crippen molar-refractivity contribution in [1.29, 1.82) is 0 Å².